The quantitative estimate of drug-likeness (QED) is 0.793. The summed E-state index contributed by atoms with van der Waals surface area (Å²) in [6.07, 6.45) is 1.21. The van der Waals surface area contributed by atoms with Crippen LogP contribution in [0.3, 0.4) is 0 Å². The van der Waals surface area contributed by atoms with Crippen molar-refractivity contribution in [2.45, 2.75) is 25.1 Å². The molecule has 1 unspecified atom stereocenters. The number of carbonyl (C=O) groups is 1. The van der Waals surface area contributed by atoms with E-state index in [1.165, 1.54) is 0 Å². The number of halogens is 1. The summed E-state index contributed by atoms with van der Waals surface area (Å²) in [5.74, 6) is 0.863. The molecule has 1 aromatic rings. The molecule has 0 aliphatic heterocycles. The van der Waals surface area contributed by atoms with E-state index in [1.54, 1.807) is 7.11 Å². The summed E-state index contributed by atoms with van der Waals surface area (Å²) in [7, 11) is 1.63. The molecular formula is C13H18ClNO2. The van der Waals surface area contributed by atoms with Gasteiger partial charge in [0.25, 0.3) is 0 Å². The molecule has 3 nitrogen and oxygen atoms in total. The minimum Gasteiger partial charge on any atom is -0.497 e. The van der Waals surface area contributed by atoms with Crippen LogP contribution in [0.5, 0.6) is 5.75 Å². The molecule has 0 bridgehead atoms. The number of carbonyl (C=O) groups excluding carboxylic acids is 1. The Labute approximate surface area is 107 Å². The maximum Gasteiger partial charge on any atom is 0.220 e. The molecule has 0 heterocycles. The summed E-state index contributed by atoms with van der Waals surface area (Å²) in [6.45, 7) is 2.37. The first-order valence-corrected chi connectivity index (χ1v) is 6.09. The number of hydrogen-bond acceptors (Lipinski definition) is 2. The molecule has 0 radical (unpaired) electrons. The fourth-order valence-corrected chi connectivity index (χ4v) is 1.47. The van der Waals surface area contributed by atoms with Crippen molar-refractivity contribution in [2.24, 2.45) is 0 Å². The van der Waals surface area contributed by atoms with Crippen LogP contribution >= 0.6 is 11.6 Å². The number of alkyl halides is 1. The van der Waals surface area contributed by atoms with E-state index in [4.69, 9.17) is 16.3 Å². The van der Waals surface area contributed by atoms with Crippen LogP contribution in [0.15, 0.2) is 24.3 Å². The molecule has 4 heteroatoms. The molecule has 0 aliphatic rings. The van der Waals surface area contributed by atoms with Crippen molar-refractivity contribution >= 4 is 17.5 Å². The van der Waals surface area contributed by atoms with E-state index in [2.05, 4.69) is 5.32 Å². The van der Waals surface area contributed by atoms with Gasteiger partial charge in [-0.05, 0) is 31.0 Å². The van der Waals surface area contributed by atoms with Crippen molar-refractivity contribution < 1.29 is 9.53 Å². The lowest BCUT2D eigenvalue weighted by Crippen LogP contribution is -2.28. The van der Waals surface area contributed by atoms with Gasteiger partial charge in [0.1, 0.15) is 5.75 Å². The van der Waals surface area contributed by atoms with Crippen molar-refractivity contribution in [1.82, 2.24) is 5.32 Å². The first-order chi connectivity index (χ1) is 8.11. The highest BCUT2D eigenvalue weighted by molar-refractivity contribution is 6.20. The summed E-state index contributed by atoms with van der Waals surface area (Å²) in [5, 5.41) is 2.75. The minimum atomic E-state index is -0.0278. The fraction of sp³-hybridized carbons (Fsp3) is 0.462. The number of hydrogen-bond donors (Lipinski definition) is 1. The molecule has 94 valence electrons. The smallest absolute Gasteiger partial charge is 0.220 e. The van der Waals surface area contributed by atoms with Crippen molar-refractivity contribution in [1.29, 1.82) is 0 Å². The summed E-state index contributed by atoms with van der Waals surface area (Å²) in [4.78, 5) is 11.4. The van der Waals surface area contributed by atoms with Gasteiger partial charge in [0.05, 0.1) is 7.11 Å². The molecular weight excluding hydrogens is 238 g/mol. The lowest BCUT2D eigenvalue weighted by molar-refractivity contribution is -0.121. The molecule has 1 aromatic carbocycles. The second kappa shape index (κ2) is 7.17. The van der Waals surface area contributed by atoms with Crippen LogP contribution in [-0.2, 0) is 11.2 Å². The van der Waals surface area contributed by atoms with E-state index in [9.17, 15) is 4.79 Å². The highest BCUT2D eigenvalue weighted by Crippen LogP contribution is 2.12. The Kier molecular flexibility index (Phi) is 5.84. The van der Waals surface area contributed by atoms with Gasteiger partial charge in [-0.1, -0.05) is 12.1 Å². The second-order valence-electron chi connectivity index (χ2n) is 3.93. The van der Waals surface area contributed by atoms with Crippen LogP contribution < -0.4 is 10.1 Å². The number of ether oxygens (including phenoxy) is 1. The van der Waals surface area contributed by atoms with Crippen molar-refractivity contribution in [3.8, 4) is 5.75 Å². The van der Waals surface area contributed by atoms with Crippen molar-refractivity contribution in [2.75, 3.05) is 13.7 Å². The standard InChI is InChI=1S/C13H18ClNO2/c1-10(14)9-15-13(16)8-5-11-3-6-12(17-2)7-4-11/h3-4,6-7,10H,5,8-9H2,1-2H3,(H,15,16). The number of nitrogens with one attached hydrogen (secondary N) is 1. The predicted molar refractivity (Wildman–Crippen MR) is 69.6 cm³/mol. The first-order valence-electron chi connectivity index (χ1n) is 5.65. The molecule has 1 amide bonds. The van der Waals surface area contributed by atoms with Gasteiger partial charge in [-0.15, -0.1) is 11.6 Å². The van der Waals surface area contributed by atoms with Gasteiger partial charge < -0.3 is 10.1 Å². The Morgan fingerprint density at radius 3 is 2.59 bits per heavy atom. The highest BCUT2D eigenvalue weighted by Gasteiger charge is 2.03. The molecule has 0 saturated carbocycles. The second-order valence-corrected chi connectivity index (χ2v) is 4.68. The normalized spacial score (nSPS) is 11.9. The fourth-order valence-electron chi connectivity index (χ4n) is 1.39. The van der Waals surface area contributed by atoms with Gasteiger partial charge in [0, 0.05) is 18.3 Å². The lowest BCUT2D eigenvalue weighted by Gasteiger charge is -2.06. The van der Waals surface area contributed by atoms with E-state index in [0.717, 1.165) is 17.7 Å². The van der Waals surface area contributed by atoms with E-state index < -0.39 is 0 Å². The first kappa shape index (κ1) is 13.8. The summed E-state index contributed by atoms with van der Waals surface area (Å²) in [5.41, 5.74) is 1.12. The molecule has 0 spiro atoms. The molecule has 1 N–H and O–H groups in total. The zero-order valence-corrected chi connectivity index (χ0v) is 11.0. The predicted octanol–water partition coefficient (Wildman–Crippen LogP) is 2.37. The SMILES string of the molecule is COc1ccc(CCC(=O)NCC(C)Cl)cc1. The Hall–Kier alpha value is -1.22. The van der Waals surface area contributed by atoms with Crippen LogP contribution in [0.25, 0.3) is 0 Å². The summed E-state index contributed by atoms with van der Waals surface area (Å²) < 4.78 is 5.07. The minimum absolute atomic E-state index is 0.0278. The topological polar surface area (TPSA) is 38.3 Å². The molecule has 1 rings (SSSR count). The van der Waals surface area contributed by atoms with Crippen LogP contribution in [0.2, 0.25) is 0 Å². The zero-order chi connectivity index (χ0) is 12.7. The Morgan fingerprint density at radius 2 is 2.06 bits per heavy atom. The third kappa shape index (κ3) is 5.59. The van der Waals surface area contributed by atoms with Crippen LogP contribution in [0, 0.1) is 0 Å². The third-order valence-corrected chi connectivity index (χ3v) is 2.53. The van der Waals surface area contributed by atoms with E-state index in [0.29, 0.717) is 13.0 Å². The van der Waals surface area contributed by atoms with Crippen molar-refractivity contribution in [3.63, 3.8) is 0 Å². The Balaban J connectivity index is 2.31. The average Bonchev–Trinajstić information content (AvgIpc) is 2.34. The molecule has 1 atom stereocenters. The number of benzene rings is 1. The molecule has 17 heavy (non-hydrogen) atoms. The Bertz CT molecular complexity index is 349. The zero-order valence-electron chi connectivity index (χ0n) is 10.2. The molecule has 0 aromatic heterocycles. The maximum atomic E-state index is 11.4. The van der Waals surface area contributed by atoms with E-state index >= 15 is 0 Å². The molecule has 0 fully saturated rings. The summed E-state index contributed by atoms with van der Waals surface area (Å²) >= 11 is 5.74. The largest absolute Gasteiger partial charge is 0.497 e. The van der Waals surface area contributed by atoms with Gasteiger partial charge >= 0.3 is 0 Å². The van der Waals surface area contributed by atoms with Gasteiger partial charge in [0.15, 0.2) is 0 Å². The number of methoxy groups -OCH3 is 1. The molecule has 0 aliphatic carbocycles. The van der Waals surface area contributed by atoms with Gasteiger partial charge in [-0.25, -0.2) is 0 Å². The lowest BCUT2D eigenvalue weighted by atomic mass is 10.1. The number of rotatable bonds is 6. The van der Waals surface area contributed by atoms with Gasteiger partial charge in [0.2, 0.25) is 5.91 Å². The number of aryl methyl sites for hydroxylation is 1. The maximum absolute atomic E-state index is 11.4. The average molecular weight is 256 g/mol. The van der Waals surface area contributed by atoms with Gasteiger partial charge in [-0.2, -0.15) is 0 Å². The third-order valence-electron chi connectivity index (χ3n) is 2.38. The van der Waals surface area contributed by atoms with Crippen molar-refractivity contribution in [3.05, 3.63) is 29.8 Å². The Morgan fingerprint density at radius 1 is 1.41 bits per heavy atom. The van der Waals surface area contributed by atoms with E-state index in [-0.39, 0.29) is 11.3 Å². The molecule has 0 saturated heterocycles. The van der Waals surface area contributed by atoms with E-state index in [1.807, 2.05) is 31.2 Å². The van der Waals surface area contributed by atoms with Crippen LogP contribution in [0.1, 0.15) is 18.9 Å². The van der Waals surface area contributed by atoms with Crippen LogP contribution in [-0.4, -0.2) is 24.9 Å². The monoisotopic (exact) mass is 255 g/mol. The highest BCUT2D eigenvalue weighted by atomic mass is 35.5. The van der Waals surface area contributed by atoms with Crippen LogP contribution in [0.4, 0.5) is 0 Å². The van der Waals surface area contributed by atoms with Gasteiger partial charge in [-0.3, -0.25) is 4.79 Å². The number of amides is 1. The summed E-state index contributed by atoms with van der Waals surface area (Å²) in [6, 6.07) is 7.73.